The van der Waals surface area contributed by atoms with Gasteiger partial charge in [-0.25, -0.2) is 17.8 Å². The number of hydrogen-bond acceptors (Lipinski definition) is 7. The molecule has 2 saturated carbocycles. The highest BCUT2D eigenvalue weighted by atomic mass is 32.2. The molecular formula is C26H26F6N4O4S. The first kappa shape index (κ1) is 29.2. The summed E-state index contributed by atoms with van der Waals surface area (Å²) in [7, 11) is -3.15. The average molecular weight is 605 g/mol. The fraction of sp³-hybridized carbons (Fsp3) is 0.577. The molecule has 2 aromatic rings. The minimum absolute atomic E-state index is 0.0497. The lowest BCUT2D eigenvalue weighted by Crippen LogP contribution is -2.44. The van der Waals surface area contributed by atoms with Crippen molar-refractivity contribution >= 4 is 21.4 Å². The topological polar surface area (TPSA) is 116 Å². The Hall–Kier alpha value is -3.28. The number of amides is 1. The van der Waals surface area contributed by atoms with Gasteiger partial charge in [0.2, 0.25) is 5.91 Å². The van der Waals surface area contributed by atoms with Crippen molar-refractivity contribution in [2.45, 2.75) is 61.8 Å². The number of hydrogen-bond donors (Lipinski definition) is 1. The molecule has 5 rings (SSSR count). The number of alkyl halides is 6. The fourth-order valence-corrected chi connectivity index (χ4v) is 6.49. The monoisotopic (exact) mass is 604 g/mol. The quantitative estimate of drug-likeness (QED) is 0.479. The largest absolute Gasteiger partial charge is 0.463 e. The van der Waals surface area contributed by atoms with Crippen LogP contribution in [-0.4, -0.2) is 61.8 Å². The van der Waals surface area contributed by atoms with Crippen LogP contribution in [0.3, 0.4) is 0 Å². The molecule has 1 aromatic heterocycles. The van der Waals surface area contributed by atoms with E-state index in [1.54, 1.807) is 17.0 Å². The van der Waals surface area contributed by atoms with Crippen molar-refractivity contribution in [3.8, 4) is 17.3 Å². The summed E-state index contributed by atoms with van der Waals surface area (Å²) in [4.78, 5) is 18.5. The van der Waals surface area contributed by atoms with Gasteiger partial charge in [-0.15, -0.1) is 0 Å². The zero-order valence-corrected chi connectivity index (χ0v) is 22.4. The predicted octanol–water partition coefficient (Wildman–Crippen LogP) is 4.62. The summed E-state index contributed by atoms with van der Waals surface area (Å²) >= 11 is 0. The Bertz CT molecular complexity index is 1450. The van der Waals surface area contributed by atoms with E-state index in [9.17, 15) is 44.8 Å². The van der Waals surface area contributed by atoms with E-state index in [0.717, 1.165) is 0 Å². The van der Waals surface area contributed by atoms with E-state index in [2.05, 4.69) is 10.3 Å². The van der Waals surface area contributed by atoms with Gasteiger partial charge in [-0.1, -0.05) is 12.1 Å². The van der Waals surface area contributed by atoms with Crippen LogP contribution < -0.4 is 10.2 Å². The second-order valence-corrected chi connectivity index (χ2v) is 13.1. The van der Waals surface area contributed by atoms with Gasteiger partial charge in [0.05, 0.1) is 23.5 Å². The summed E-state index contributed by atoms with van der Waals surface area (Å²) in [6.07, 6.45) is -7.16. The molecule has 0 spiro atoms. The van der Waals surface area contributed by atoms with Crippen LogP contribution in [0.1, 0.15) is 49.7 Å². The maximum atomic E-state index is 14.5. The number of rotatable bonds is 6. The van der Waals surface area contributed by atoms with E-state index < -0.39 is 63.0 Å². The predicted molar refractivity (Wildman–Crippen MR) is 133 cm³/mol. The van der Waals surface area contributed by atoms with E-state index in [1.807, 2.05) is 6.07 Å². The summed E-state index contributed by atoms with van der Waals surface area (Å²) in [6.45, 7) is 0.457. The van der Waals surface area contributed by atoms with Gasteiger partial charge >= 0.3 is 12.1 Å². The number of sulfone groups is 1. The first-order valence-electron chi connectivity index (χ1n) is 13.0. The number of aromatic nitrogens is 1. The molecule has 0 unspecified atom stereocenters. The third kappa shape index (κ3) is 5.75. The lowest BCUT2D eigenvalue weighted by molar-refractivity contribution is -0.297. The minimum Gasteiger partial charge on any atom is -0.439 e. The van der Waals surface area contributed by atoms with E-state index in [-0.39, 0.29) is 55.1 Å². The number of nitrogens with zero attached hydrogens (tertiary/aromatic N) is 3. The maximum Gasteiger partial charge on any atom is 0.463 e. The van der Waals surface area contributed by atoms with Crippen molar-refractivity contribution in [1.82, 2.24) is 10.3 Å². The minimum atomic E-state index is -6.01. The summed E-state index contributed by atoms with van der Waals surface area (Å²) in [6, 6.07) is 7.95. The fourth-order valence-electron chi connectivity index (χ4n) is 5.29. The van der Waals surface area contributed by atoms with Gasteiger partial charge in [-0.05, 0) is 44.2 Å². The lowest BCUT2D eigenvalue weighted by atomic mass is 9.75. The summed E-state index contributed by atoms with van der Waals surface area (Å²) in [5.41, 5.74) is -0.708. The highest BCUT2D eigenvalue weighted by Gasteiger charge is 2.63. The molecule has 2 heterocycles. The molecule has 1 amide bonds. The number of anilines is 1. The van der Waals surface area contributed by atoms with Crippen LogP contribution in [0.25, 0.3) is 11.3 Å². The molecule has 0 radical (unpaired) electrons. The van der Waals surface area contributed by atoms with Crippen molar-refractivity contribution < 1.29 is 44.0 Å². The Balaban J connectivity index is 1.52. The maximum absolute atomic E-state index is 14.5. The Labute approximate surface area is 231 Å². The van der Waals surface area contributed by atoms with Crippen LogP contribution in [0.2, 0.25) is 0 Å². The van der Waals surface area contributed by atoms with E-state index in [4.69, 9.17) is 4.42 Å². The third-order valence-electron chi connectivity index (χ3n) is 7.91. The second-order valence-electron chi connectivity index (χ2n) is 10.8. The van der Waals surface area contributed by atoms with Crippen LogP contribution >= 0.6 is 0 Å². The van der Waals surface area contributed by atoms with Gasteiger partial charge in [0.25, 0.3) is 5.89 Å². The summed E-state index contributed by atoms with van der Waals surface area (Å²) in [5, 5.41) is 11.9. The number of halogens is 6. The number of oxazole rings is 1. The Kier molecular flexibility index (Phi) is 7.28. The van der Waals surface area contributed by atoms with Gasteiger partial charge in [0, 0.05) is 30.3 Å². The van der Waals surface area contributed by atoms with Gasteiger partial charge < -0.3 is 14.6 Å². The number of carbonyl (C=O) groups is 1. The zero-order chi connectivity index (χ0) is 29.8. The van der Waals surface area contributed by atoms with E-state index in [0.29, 0.717) is 18.5 Å². The molecule has 3 fully saturated rings. The normalized spacial score (nSPS) is 25.8. The van der Waals surface area contributed by atoms with Crippen LogP contribution in [0.15, 0.2) is 28.7 Å². The van der Waals surface area contributed by atoms with Crippen LogP contribution in [0.5, 0.6) is 0 Å². The first-order valence-corrected chi connectivity index (χ1v) is 14.9. The van der Waals surface area contributed by atoms with Crippen LogP contribution in [-0.2, 0) is 20.6 Å². The van der Waals surface area contributed by atoms with Crippen molar-refractivity contribution in [2.24, 2.45) is 5.92 Å². The number of carbonyl (C=O) groups excluding carboxylic acids is 1. The van der Waals surface area contributed by atoms with Crippen molar-refractivity contribution in [2.75, 3.05) is 29.5 Å². The highest BCUT2D eigenvalue weighted by Crippen LogP contribution is 2.49. The van der Waals surface area contributed by atoms with Gasteiger partial charge in [0.1, 0.15) is 23.2 Å². The Morgan fingerprint density at radius 2 is 1.73 bits per heavy atom. The molecule has 3 atom stereocenters. The molecule has 41 heavy (non-hydrogen) atoms. The summed E-state index contributed by atoms with van der Waals surface area (Å²) < 4.78 is 112. The molecular weight excluding hydrogens is 578 g/mol. The van der Waals surface area contributed by atoms with Crippen LogP contribution in [0, 0.1) is 17.2 Å². The van der Waals surface area contributed by atoms with Gasteiger partial charge in [-0.2, -0.15) is 27.2 Å². The van der Waals surface area contributed by atoms with Crippen LogP contribution in [0.4, 0.5) is 32.0 Å². The second kappa shape index (κ2) is 10.2. The van der Waals surface area contributed by atoms with Crippen molar-refractivity contribution in [3.05, 3.63) is 35.9 Å². The molecule has 2 aliphatic carbocycles. The summed E-state index contributed by atoms with van der Waals surface area (Å²) in [5.74, 6) is -10.8. The molecule has 8 nitrogen and oxygen atoms in total. The Morgan fingerprint density at radius 1 is 1.10 bits per heavy atom. The molecule has 1 aliphatic heterocycles. The SMILES string of the molecule is N#CC1(NC(=O)[C@H]2C[C@@H](F)CC[C@@H]2c2oc(C(F)(F)C(F)(F)F)nc2-c2ccc(N3CCS(=O)(=O)CC3)cc2)CC1. The Morgan fingerprint density at radius 3 is 2.29 bits per heavy atom. The lowest BCUT2D eigenvalue weighted by Gasteiger charge is -2.32. The molecule has 0 bridgehead atoms. The number of nitriles is 1. The molecule has 1 saturated heterocycles. The standard InChI is InChI=1S/C26H26F6N4O4S/c27-16-3-6-18(19(13-16)22(37)35-24(14-33)7-8-24)21-20(34-23(40-21)25(28,29)26(30,31)32)15-1-4-17(5-2-15)36-9-11-41(38,39)12-10-36/h1-2,4-5,16,18-19H,3,6-13H2,(H,35,37)/t16-,18-,19-/m0/s1. The average Bonchev–Trinajstić information content (AvgIpc) is 3.54. The van der Waals surface area contributed by atoms with Crippen molar-refractivity contribution in [1.29, 1.82) is 5.26 Å². The molecule has 1 aromatic carbocycles. The van der Waals surface area contributed by atoms with Gasteiger partial charge in [0.15, 0.2) is 9.84 Å². The zero-order valence-electron chi connectivity index (χ0n) is 21.6. The molecule has 1 N–H and O–H groups in total. The molecule has 222 valence electrons. The number of nitrogens with one attached hydrogen (secondary N) is 1. The van der Waals surface area contributed by atoms with Gasteiger partial charge in [-0.3, -0.25) is 4.79 Å². The molecule has 15 heteroatoms. The first-order chi connectivity index (χ1) is 19.1. The van der Waals surface area contributed by atoms with E-state index in [1.165, 1.54) is 12.1 Å². The number of benzene rings is 1. The highest BCUT2D eigenvalue weighted by molar-refractivity contribution is 7.91. The smallest absolute Gasteiger partial charge is 0.439 e. The van der Waals surface area contributed by atoms with E-state index >= 15 is 0 Å². The molecule has 3 aliphatic rings. The third-order valence-corrected chi connectivity index (χ3v) is 9.52. The van der Waals surface area contributed by atoms with Crippen molar-refractivity contribution in [3.63, 3.8) is 0 Å².